The molecule has 0 heterocycles. The molecule has 0 radical (unpaired) electrons. The van der Waals surface area contributed by atoms with E-state index in [0.717, 1.165) is 42.7 Å². The first-order valence-electron chi connectivity index (χ1n) is 9.22. The van der Waals surface area contributed by atoms with Crippen LogP contribution in [-0.4, -0.2) is 24.4 Å². The minimum Gasteiger partial charge on any atom is -0.491 e. The second-order valence-electron chi connectivity index (χ2n) is 6.89. The minimum atomic E-state index is -4.32. The molecular weight excluding hydrogens is 355 g/mol. The molecular formula is C21H24F3NO2. The molecule has 0 saturated carbocycles. The Balaban J connectivity index is 1.43. The normalized spacial score (nSPS) is 15.3. The average Bonchev–Trinajstić information content (AvgIpc) is 2.66. The van der Waals surface area contributed by atoms with E-state index in [0.29, 0.717) is 13.1 Å². The van der Waals surface area contributed by atoms with E-state index in [2.05, 4.69) is 11.4 Å². The molecule has 0 spiro atoms. The summed E-state index contributed by atoms with van der Waals surface area (Å²) in [6.07, 6.45) is -0.579. The van der Waals surface area contributed by atoms with Gasteiger partial charge in [-0.1, -0.05) is 24.3 Å². The van der Waals surface area contributed by atoms with Crippen LogP contribution in [0.3, 0.4) is 0 Å². The van der Waals surface area contributed by atoms with Crippen molar-refractivity contribution >= 4 is 0 Å². The SMILES string of the molecule is OC(CNCc1ccc(C(F)(F)F)cc1)COc1cccc2c1CCCC2. The Bertz CT molecular complexity index is 744. The van der Waals surface area contributed by atoms with Gasteiger partial charge in [0.15, 0.2) is 0 Å². The smallest absolute Gasteiger partial charge is 0.416 e. The molecule has 6 heteroatoms. The standard InChI is InChI=1S/C21H24F3NO2/c22-21(23,24)17-10-8-15(9-11-17)12-25-13-18(26)14-27-20-7-3-5-16-4-1-2-6-19(16)20/h3,5,7-11,18,25-26H,1-2,4,6,12-14H2. The fraction of sp³-hybridized carbons (Fsp3) is 0.429. The first kappa shape index (κ1) is 19.7. The van der Waals surface area contributed by atoms with E-state index in [1.807, 2.05) is 12.1 Å². The van der Waals surface area contributed by atoms with Crippen LogP contribution in [0.2, 0.25) is 0 Å². The lowest BCUT2D eigenvalue weighted by Gasteiger charge is -2.20. The molecule has 27 heavy (non-hydrogen) atoms. The number of ether oxygens (including phenoxy) is 1. The minimum absolute atomic E-state index is 0.177. The topological polar surface area (TPSA) is 41.5 Å². The highest BCUT2D eigenvalue weighted by atomic mass is 19.4. The molecule has 0 amide bonds. The third kappa shape index (κ3) is 5.47. The van der Waals surface area contributed by atoms with E-state index < -0.39 is 17.8 Å². The summed E-state index contributed by atoms with van der Waals surface area (Å²) < 4.78 is 43.4. The second kappa shape index (κ2) is 8.76. The first-order valence-corrected chi connectivity index (χ1v) is 9.22. The number of nitrogens with one attached hydrogen (secondary N) is 1. The van der Waals surface area contributed by atoms with Gasteiger partial charge in [0.25, 0.3) is 0 Å². The van der Waals surface area contributed by atoms with Crippen molar-refractivity contribution in [1.82, 2.24) is 5.32 Å². The van der Waals surface area contributed by atoms with Crippen LogP contribution in [0.25, 0.3) is 0 Å². The highest BCUT2D eigenvalue weighted by Gasteiger charge is 2.29. The molecule has 0 aliphatic heterocycles. The summed E-state index contributed by atoms with van der Waals surface area (Å²) >= 11 is 0. The summed E-state index contributed by atoms with van der Waals surface area (Å²) in [6.45, 7) is 0.864. The van der Waals surface area contributed by atoms with Crippen molar-refractivity contribution in [2.45, 2.75) is 44.5 Å². The van der Waals surface area contributed by atoms with E-state index in [-0.39, 0.29) is 6.61 Å². The number of fused-ring (bicyclic) bond motifs is 1. The number of aryl methyl sites for hydroxylation is 1. The van der Waals surface area contributed by atoms with Crippen LogP contribution in [0, 0.1) is 0 Å². The molecule has 1 atom stereocenters. The zero-order valence-corrected chi connectivity index (χ0v) is 15.1. The highest BCUT2D eigenvalue weighted by molar-refractivity contribution is 5.41. The highest BCUT2D eigenvalue weighted by Crippen LogP contribution is 2.30. The van der Waals surface area contributed by atoms with Crippen molar-refractivity contribution in [3.05, 3.63) is 64.7 Å². The number of halogens is 3. The van der Waals surface area contributed by atoms with Crippen LogP contribution < -0.4 is 10.1 Å². The summed E-state index contributed by atoms with van der Waals surface area (Å²) in [5, 5.41) is 13.2. The molecule has 2 aromatic carbocycles. The number of alkyl halides is 3. The molecule has 0 fully saturated rings. The Kier molecular flexibility index (Phi) is 6.39. The van der Waals surface area contributed by atoms with E-state index in [4.69, 9.17) is 4.74 Å². The van der Waals surface area contributed by atoms with Crippen LogP contribution >= 0.6 is 0 Å². The van der Waals surface area contributed by atoms with Gasteiger partial charge in [-0.2, -0.15) is 13.2 Å². The molecule has 146 valence electrons. The molecule has 0 bridgehead atoms. The number of aliphatic hydroxyl groups is 1. The molecule has 3 nitrogen and oxygen atoms in total. The number of aliphatic hydroxyl groups excluding tert-OH is 1. The van der Waals surface area contributed by atoms with Crippen molar-refractivity contribution in [3.63, 3.8) is 0 Å². The van der Waals surface area contributed by atoms with E-state index in [9.17, 15) is 18.3 Å². The summed E-state index contributed by atoms with van der Waals surface area (Å²) in [4.78, 5) is 0. The van der Waals surface area contributed by atoms with E-state index in [1.54, 1.807) is 0 Å². The fourth-order valence-electron chi connectivity index (χ4n) is 3.32. The monoisotopic (exact) mass is 379 g/mol. The average molecular weight is 379 g/mol. The molecule has 2 N–H and O–H groups in total. The Labute approximate surface area is 157 Å². The maximum atomic E-state index is 12.5. The zero-order chi connectivity index (χ0) is 19.3. The molecule has 1 unspecified atom stereocenters. The Morgan fingerprint density at radius 1 is 1.04 bits per heavy atom. The maximum Gasteiger partial charge on any atom is 0.416 e. The molecule has 0 saturated heterocycles. The van der Waals surface area contributed by atoms with Crippen molar-refractivity contribution in [2.24, 2.45) is 0 Å². The third-order valence-electron chi connectivity index (χ3n) is 4.77. The van der Waals surface area contributed by atoms with Crippen LogP contribution in [0.5, 0.6) is 5.75 Å². The lowest BCUT2D eigenvalue weighted by molar-refractivity contribution is -0.137. The first-order chi connectivity index (χ1) is 12.9. The predicted octanol–water partition coefficient (Wildman–Crippen LogP) is 4.11. The quantitative estimate of drug-likeness (QED) is 0.761. The van der Waals surface area contributed by atoms with Gasteiger partial charge in [-0.3, -0.25) is 0 Å². The number of hydrogen-bond donors (Lipinski definition) is 2. The lowest BCUT2D eigenvalue weighted by Crippen LogP contribution is -2.31. The van der Waals surface area contributed by atoms with Gasteiger partial charge in [0.1, 0.15) is 18.5 Å². The molecule has 2 aromatic rings. The summed E-state index contributed by atoms with van der Waals surface area (Å²) in [6, 6.07) is 11.1. The summed E-state index contributed by atoms with van der Waals surface area (Å²) in [7, 11) is 0. The molecule has 1 aliphatic carbocycles. The Morgan fingerprint density at radius 2 is 1.78 bits per heavy atom. The van der Waals surface area contributed by atoms with Gasteiger partial charge in [0.05, 0.1) is 5.56 Å². The van der Waals surface area contributed by atoms with Crippen molar-refractivity contribution in [2.75, 3.05) is 13.2 Å². The largest absolute Gasteiger partial charge is 0.491 e. The van der Waals surface area contributed by atoms with Gasteiger partial charge in [-0.05, 0) is 60.6 Å². The Hall–Kier alpha value is -2.05. The maximum absolute atomic E-state index is 12.5. The van der Waals surface area contributed by atoms with Crippen LogP contribution in [0.1, 0.15) is 35.1 Å². The zero-order valence-electron chi connectivity index (χ0n) is 15.1. The number of benzene rings is 2. The van der Waals surface area contributed by atoms with E-state index in [1.165, 1.54) is 29.7 Å². The molecule has 0 aromatic heterocycles. The number of hydrogen-bond acceptors (Lipinski definition) is 3. The van der Waals surface area contributed by atoms with Gasteiger partial charge in [0, 0.05) is 13.1 Å². The molecule has 3 rings (SSSR count). The van der Waals surface area contributed by atoms with Gasteiger partial charge in [-0.25, -0.2) is 0 Å². The van der Waals surface area contributed by atoms with Crippen LogP contribution in [0.15, 0.2) is 42.5 Å². The van der Waals surface area contributed by atoms with E-state index >= 15 is 0 Å². The lowest BCUT2D eigenvalue weighted by atomic mass is 9.91. The summed E-state index contributed by atoms with van der Waals surface area (Å²) in [5.74, 6) is 0.842. The van der Waals surface area contributed by atoms with Gasteiger partial charge in [-0.15, -0.1) is 0 Å². The molecule has 1 aliphatic rings. The van der Waals surface area contributed by atoms with Crippen molar-refractivity contribution < 1.29 is 23.0 Å². The van der Waals surface area contributed by atoms with Gasteiger partial charge >= 0.3 is 6.18 Å². The van der Waals surface area contributed by atoms with Crippen LogP contribution in [-0.2, 0) is 25.6 Å². The summed E-state index contributed by atoms with van der Waals surface area (Å²) in [5.41, 5.74) is 2.64. The van der Waals surface area contributed by atoms with Crippen molar-refractivity contribution in [3.8, 4) is 5.75 Å². The third-order valence-corrected chi connectivity index (χ3v) is 4.77. The van der Waals surface area contributed by atoms with Crippen molar-refractivity contribution in [1.29, 1.82) is 0 Å². The Morgan fingerprint density at radius 3 is 2.52 bits per heavy atom. The van der Waals surface area contributed by atoms with Gasteiger partial charge in [0.2, 0.25) is 0 Å². The van der Waals surface area contributed by atoms with Crippen LogP contribution in [0.4, 0.5) is 13.2 Å². The van der Waals surface area contributed by atoms with Gasteiger partial charge < -0.3 is 15.2 Å². The second-order valence-corrected chi connectivity index (χ2v) is 6.89. The number of rotatable bonds is 7. The fourth-order valence-corrected chi connectivity index (χ4v) is 3.32. The predicted molar refractivity (Wildman–Crippen MR) is 97.7 cm³/mol.